The van der Waals surface area contributed by atoms with Gasteiger partial charge in [0.1, 0.15) is 21.3 Å². The zero-order valence-electron chi connectivity index (χ0n) is 28.6. The van der Waals surface area contributed by atoms with Crippen molar-refractivity contribution in [3.05, 3.63) is 96.1 Å². The van der Waals surface area contributed by atoms with Crippen LogP contribution in [0.4, 0.5) is 38.9 Å². The molecule has 4 heterocycles. The van der Waals surface area contributed by atoms with Crippen LogP contribution in [0.5, 0.6) is 11.5 Å². The van der Waals surface area contributed by atoms with Gasteiger partial charge in [0, 0.05) is 33.7 Å². The second-order valence-corrected chi connectivity index (χ2v) is 19.2. The number of hydrogen-bond donors (Lipinski definition) is 6. The fraction of sp³-hybridized carbons (Fsp3) is 0.0571. The predicted octanol–water partition coefficient (Wildman–Crippen LogP) is 5.84. The van der Waals surface area contributed by atoms with E-state index in [1.807, 2.05) is 0 Å². The zero-order valence-corrected chi connectivity index (χ0v) is 31.8. The van der Waals surface area contributed by atoms with Crippen LogP contribution in [0, 0.1) is 13.8 Å². The van der Waals surface area contributed by atoms with Gasteiger partial charge in [-0.1, -0.05) is 24.3 Å². The first-order valence-corrected chi connectivity index (χ1v) is 21.8. The molecule has 6 aromatic carbocycles. The van der Waals surface area contributed by atoms with Gasteiger partial charge in [-0.3, -0.25) is 9.11 Å². The number of amides is 2. The lowest BCUT2D eigenvalue weighted by Crippen LogP contribution is -2.35. The van der Waals surface area contributed by atoms with E-state index in [0.29, 0.717) is 0 Å². The van der Waals surface area contributed by atoms with Gasteiger partial charge in [-0.2, -0.15) is 16.8 Å². The molecule has 6 aromatic rings. The lowest BCUT2D eigenvalue weighted by atomic mass is 10.1. The third kappa shape index (κ3) is 5.42. The number of rotatable bonds is 6. The number of aromatic hydroxyl groups is 2. The Bertz CT molecular complexity index is 3050. The Labute approximate surface area is 318 Å². The van der Waals surface area contributed by atoms with Crippen LogP contribution < -0.4 is 19.2 Å². The molecule has 56 heavy (non-hydrogen) atoms. The maximum absolute atomic E-state index is 14.1. The topological polar surface area (TPSA) is 265 Å². The lowest BCUT2D eigenvalue weighted by Gasteiger charge is -2.35. The van der Waals surface area contributed by atoms with Crippen LogP contribution in [0.15, 0.2) is 105 Å². The van der Waals surface area contributed by atoms with E-state index < -0.39 is 67.6 Å². The molecule has 0 aromatic heterocycles. The smallest absolute Gasteiger partial charge is 0.323 e. The van der Waals surface area contributed by atoms with Crippen molar-refractivity contribution in [1.82, 2.24) is 0 Å². The van der Waals surface area contributed by atoms with Gasteiger partial charge in [0.2, 0.25) is 0 Å². The highest BCUT2D eigenvalue weighted by Gasteiger charge is 2.41. The van der Waals surface area contributed by atoms with Crippen molar-refractivity contribution < 1.29 is 57.8 Å². The van der Waals surface area contributed by atoms with Crippen LogP contribution in [-0.4, -0.2) is 59.0 Å². The monoisotopic (exact) mass is 838 g/mol. The van der Waals surface area contributed by atoms with E-state index >= 15 is 0 Å². The van der Waals surface area contributed by atoms with Crippen molar-refractivity contribution >= 4 is 102 Å². The molecule has 21 heteroatoms. The largest absolute Gasteiger partial charge is 0.507 e. The summed E-state index contributed by atoms with van der Waals surface area (Å²) in [4.78, 5) is 11.5. The standard InChI is InChI=1S/C35H26N4O13S4/c1-17-25-9-11-31(53(43,44)38(25)27-7-3-5-21-23(27)13-19(15-29(21)40)55(47,48)49)33(17)36-35(42)37-34-18(2)26-10-12-32(34)54(45,46)39(26)28-8-4-6-22-24(28)14-20(16-30(22)41)56(50,51)52/h3-16,40-41H,1-2H3,(H2,36,37,42)(H,47,48,49)(H,50,51,52). The number of fused-ring (bicyclic) bond motifs is 8. The third-order valence-electron chi connectivity index (χ3n) is 9.63. The van der Waals surface area contributed by atoms with Crippen molar-refractivity contribution in [2.45, 2.75) is 33.4 Å². The molecule has 0 spiro atoms. The average Bonchev–Trinajstić information content (AvgIpc) is 3.10. The van der Waals surface area contributed by atoms with Crippen molar-refractivity contribution in [3.63, 3.8) is 0 Å². The van der Waals surface area contributed by atoms with Gasteiger partial charge < -0.3 is 20.8 Å². The summed E-state index contributed by atoms with van der Waals surface area (Å²) in [7, 11) is -18.6. The summed E-state index contributed by atoms with van der Waals surface area (Å²) >= 11 is 0. The molecule has 0 aliphatic carbocycles. The summed E-state index contributed by atoms with van der Waals surface area (Å²) in [5.74, 6) is -1.06. The lowest BCUT2D eigenvalue weighted by molar-refractivity contribution is 0.262. The Kier molecular flexibility index (Phi) is 7.93. The molecule has 17 nitrogen and oxygen atoms in total. The number of phenols is 2. The summed E-state index contributed by atoms with van der Waals surface area (Å²) < 4.78 is 125. The maximum atomic E-state index is 14.1. The number of sulfonamides is 2. The minimum atomic E-state index is -4.80. The minimum absolute atomic E-state index is 0.0235. The molecule has 4 bridgehead atoms. The number of benzene rings is 6. The van der Waals surface area contributed by atoms with E-state index in [2.05, 4.69) is 10.6 Å². The Morgan fingerprint density at radius 3 is 1.29 bits per heavy atom. The van der Waals surface area contributed by atoms with Gasteiger partial charge in [-0.05, 0) is 73.5 Å². The third-order valence-corrected chi connectivity index (χ3v) is 14.8. The Hall–Kier alpha value is -5.97. The molecule has 4 aliphatic heterocycles. The van der Waals surface area contributed by atoms with Gasteiger partial charge in [0.05, 0.1) is 43.9 Å². The molecule has 0 atom stereocenters. The second-order valence-electron chi connectivity index (χ2n) is 12.9. The fourth-order valence-corrected chi connectivity index (χ4v) is 11.7. The summed E-state index contributed by atoms with van der Waals surface area (Å²) in [5, 5.41) is 26.3. The number of nitrogens with one attached hydrogen (secondary N) is 2. The van der Waals surface area contributed by atoms with Crippen molar-refractivity contribution in [2.24, 2.45) is 0 Å². The van der Waals surface area contributed by atoms with Crippen molar-refractivity contribution in [1.29, 1.82) is 0 Å². The van der Waals surface area contributed by atoms with Gasteiger partial charge in [0.25, 0.3) is 40.3 Å². The highest BCUT2D eigenvalue weighted by molar-refractivity contribution is 7.94. The number of nitrogens with zero attached hydrogens (tertiary/aromatic N) is 2. The van der Waals surface area contributed by atoms with Crippen LogP contribution in [0.2, 0.25) is 0 Å². The summed E-state index contributed by atoms with van der Waals surface area (Å²) in [6, 6.07) is 16.6. The highest BCUT2D eigenvalue weighted by Crippen LogP contribution is 2.50. The Balaban J connectivity index is 1.16. The van der Waals surface area contributed by atoms with Crippen LogP contribution in [-0.2, 0) is 40.3 Å². The molecule has 0 unspecified atom stereocenters. The normalized spacial score (nSPS) is 15.4. The first kappa shape index (κ1) is 37.0. The molecule has 288 valence electrons. The quantitative estimate of drug-likeness (QED) is 0.108. The number of anilines is 6. The van der Waals surface area contributed by atoms with E-state index in [0.717, 1.165) is 32.9 Å². The number of carbonyl (C=O) groups is 1. The molecular formula is C35H26N4O13S4. The van der Waals surface area contributed by atoms with Crippen molar-refractivity contribution in [3.8, 4) is 11.5 Å². The van der Waals surface area contributed by atoms with Crippen LogP contribution >= 0.6 is 0 Å². The molecule has 6 N–H and O–H groups in total. The van der Waals surface area contributed by atoms with E-state index in [-0.39, 0.29) is 76.6 Å². The number of carbonyl (C=O) groups excluding carboxylic acids is 1. The number of urea groups is 1. The Morgan fingerprint density at radius 2 is 0.929 bits per heavy atom. The van der Waals surface area contributed by atoms with E-state index in [1.54, 1.807) is 0 Å². The van der Waals surface area contributed by atoms with Gasteiger partial charge in [-0.15, -0.1) is 0 Å². The van der Waals surface area contributed by atoms with Gasteiger partial charge >= 0.3 is 6.03 Å². The summed E-state index contributed by atoms with van der Waals surface area (Å²) in [5.41, 5.74) is 0.201. The van der Waals surface area contributed by atoms with Crippen LogP contribution in [0.25, 0.3) is 21.5 Å². The SMILES string of the molecule is Cc1c2ccc(c1NC(=O)Nc1c3ccc(c1C)N(c1cccc4c(O)cc(S(=O)(=O)O)cc14)S3(=O)=O)S(=O)(=O)N2c1cccc2c(O)cc(S(=O)(=O)O)cc12. The molecule has 0 saturated heterocycles. The van der Waals surface area contributed by atoms with Crippen LogP contribution in [0.3, 0.4) is 0 Å². The molecule has 0 radical (unpaired) electrons. The first-order valence-electron chi connectivity index (χ1n) is 16.0. The van der Waals surface area contributed by atoms with E-state index in [1.165, 1.54) is 74.5 Å². The van der Waals surface area contributed by atoms with E-state index in [4.69, 9.17) is 0 Å². The first-order chi connectivity index (χ1) is 26.1. The number of hydrogen-bond acceptors (Lipinski definition) is 11. The number of phenolic OH excluding ortho intramolecular Hbond substituents is 2. The average molecular weight is 839 g/mol. The molecular weight excluding hydrogens is 813 g/mol. The molecule has 0 fully saturated rings. The second kappa shape index (κ2) is 12.0. The van der Waals surface area contributed by atoms with Crippen LogP contribution in [0.1, 0.15) is 11.1 Å². The van der Waals surface area contributed by atoms with Gasteiger partial charge in [0.15, 0.2) is 0 Å². The molecule has 0 saturated carbocycles. The summed E-state index contributed by atoms with van der Waals surface area (Å²) in [6.07, 6.45) is 0. The maximum Gasteiger partial charge on any atom is 0.323 e. The summed E-state index contributed by atoms with van der Waals surface area (Å²) in [6.45, 7) is 3.03. The zero-order chi connectivity index (χ0) is 40.4. The molecule has 10 rings (SSSR count). The molecule has 2 amide bonds. The highest BCUT2D eigenvalue weighted by atomic mass is 32.2. The van der Waals surface area contributed by atoms with E-state index in [9.17, 15) is 57.8 Å². The van der Waals surface area contributed by atoms with Gasteiger partial charge in [-0.25, -0.2) is 30.2 Å². The predicted molar refractivity (Wildman–Crippen MR) is 205 cm³/mol. The molecule has 4 aliphatic rings. The fourth-order valence-electron chi connectivity index (χ4n) is 7.07. The minimum Gasteiger partial charge on any atom is -0.507 e. The Morgan fingerprint density at radius 1 is 0.554 bits per heavy atom. The van der Waals surface area contributed by atoms with Crippen molar-refractivity contribution in [2.75, 3.05) is 19.2 Å².